The predicted molar refractivity (Wildman–Crippen MR) is 128 cm³/mol. The Morgan fingerprint density at radius 2 is 1.82 bits per heavy atom. The molecule has 1 atom stereocenters. The van der Waals surface area contributed by atoms with Crippen molar-refractivity contribution in [3.63, 3.8) is 0 Å². The van der Waals surface area contributed by atoms with Gasteiger partial charge in [-0.05, 0) is 26.3 Å². The molecule has 174 valence electrons. The van der Waals surface area contributed by atoms with Crippen LogP contribution in [-0.4, -0.2) is 82.6 Å². The van der Waals surface area contributed by atoms with Crippen molar-refractivity contribution >= 4 is 26.8 Å². The highest BCUT2D eigenvalue weighted by atomic mass is 32.2. The lowest BCUT2D eigenvalue weighted by Crippen LogP contribution is -2.52. The van der Waals surface area contributed by atoms with Crippen LogP contribution in [0.4, 0.5) is 0 Å². The molecule has 0 N–H and O–H groups in total. The second-order valence-corrected chi connectivity index (χ2v) is 11.5. The van der Waals surface area contributed by atoms with Crippen molar-refractivity contribution in [3.05, 3.63) is 48.2 Å². The van der Waals surface area contributed by atoms with Crippen molar-refractivity contribution in [2.75, 3.05) is 37.7 Å². The van der Waals surface area contributed by atoms with Crippen LogP contribution < -0.4 is 0 Å². The van der Waals surface area contributed by atoms with Crippen LogP contribution in [0.2, 0.25) is 0 Å². The van der Waals surface area contributed by atoms with Gasteiger partial charge in [0.05, 0.1) is 34.3 Å². The second kappa shape index (κ2) is 8.53. The lowest BCUT2D eigenvalue weighted by atomic mass is 10.1. The molecule has 0 saturated carbocycles. The first-order valence-corrected chi connectivity index (χ1v) is 13.3. The summed E-state index contributed by atoms with van der Waals surface area (Å²) < 4.78 is 25.6. The number of nitrogens with zero attached hydrogens (tertiary/aromatic N) is 5. The van der Waals surface area contributed by atoms with Crippen LogP contribution in [0.1, 0.15) is 36.7 Å². The maximum atomic E-state index is 13.7. The number of carbonyl (C=O) groups excluding carboxylic acids is 1. The van der Waals surface area contributed by atoms with E-state index in [1.165, 1.54) is 0 Å². The highest BCUT2D eigenvalue weighted by Crippen LogP contribution is 2.28. The highest BCUT2D eigenvalue weighted by molar-refractivity contribution is 7.91. The van der Waals surface area contributed by atoms with Crippen molar-refractivity contribution in [1.29, 1.82) is 0 Å². The molecule has 2 saturated heterocycles. The number of carbonyl (C=O) groups is 1. The summed E-state index contributed by atoms with van der Waals surface area (Å²) in [5.41, 5.74) is 3.04. The first kappa shape index (κ1) is 22.0. The molecule has 3 aromatic rings. The van der Waals surface area contributed by atoms with E-state index in [4.69, 9.17) is 4.98 Å². The van der Waals surface area contributed by atoms with E-state index < -0.39 is 9.84 Å². The predicted octanol–water partition coefficient (Wildman–Crippen LogP) is 2.62. The van der Waals surface area contributed by atoms with Crippen molar-refractivity contribution in [3.8, 4) is 11.3 Å². The molecule has 0 unspecified atom stereocenters. The smallest absolute Gasteiger partial charge is 0.254 e. The Morgan fingerprint density at radius 1 is 1.09 bits per heavy atom. The second-order valence-electron chi connectivity index (χ2n) is 9.23. The largest absolute Gasteiger partial charge is 0.336 e. The summed E-state index contributed by atoms with van der Waals surface area (Å²) in [5, 5.41) is 5.28. The zero-order valence-electron chi connectivity index (χ0n) is 19.0. The van der Waals surface area contributed by atoms with E-state index >= 15 is 0 Å². The zero-order chi connectivity index (χ0) is 23.2. The van der Waals surface area contributed by atoms with Crippen LogP contribution in [0, 0.1) is 0 Å². The molecule has 2 fully saturated rings. The number of rotatable bonds is 4. The summed E-state index contributed by atoms with van der Waals surface area (Å²) in [6, 6.07) is 11.9. The van der Waals surface area contributed by atoms with Gasteiger partial charge in [0.25, 0.3) is 5.91 Å². The van der Waals surface area contributed by atoms with Gasteiger partial charge in [-0.25, -0.2) is 18.1 Å². The van der Waals surface area contributed by atoms with E-state index in [1.54, 1.807) is 6.20 Å². The van der Waals surface area contributed by atoms with Crippen LogP contribution in [0.25, 0.3) is 22.3 Å². The summed E-state index contributed by atoms with van der Waals surface area (Å²) in [6.45, 7) is 6.64. The molecule has 0 spiro atoms. The van der Waals surface area contributed by atoms with Gasteiger partial charge in [-0.2, -0.15) is 5.10 Å². The zero-order valence-corrected chi connectivity index (χ0v) is 19.8. The van der Waals surface area contributed by atoms with E-state index in [0.29, 0.717) is 43.8 Å². The quantitative estimate of drug-likeness (QED) is 0.586. The van der Waals surface area contributed by atoms with Crippen LogP contribution >= 0.6 is 0 Å². The normalized spacial score (nSPS) is 21.2. The average Bonchev–Trinajstić information content (AvgIpc) is 3.41. The van der Waals surface area contributed by atoms with Gasteiger partial charge in [0.15, 0.2) is 15.5 Å². The molecular formula is C24H29N5O3S. The lowest BCUT2D eigenvalue weighted by Gasteiger charge is -2.37. The number of hydrogen-bond donors (Lipinski definition) is 0. The van der Waals surface area contributed by atoms with Crippen LogP contribution in [0.15, 0.2) is 42.6 Å². The number of sulfone groups is 1. The number of fused-ring (bicyclic) bond motifs is 1. The number of hydrogen-bond acceptors (Lipinski definition) is 6. The fourth-order valence-corrected chi connectivity index (χ4v) is 6.62. The minimum Gasteiger partial charge on any atom is -0.336 e. The monoisotopic (exact) mass is 467 g/mol. The Kier molecular flexibility index (Phi) is 5.70. The van der Waals surface area contributed by atoms with Crippen LogP contribution in [-0.2, 0) is 9.84 Å². The molecule has 2 aliphatic heterocycles. The molecule has 1 aromatic carbocycles. The minimum absolute atomic E-state index is 0.0263. The summed E-state index contributed by atoms with van der Waals surface area (Å²) in [7, 11) is -2.92. The van der Waals surface area contributed by atoms with Gasteiger partial charge in [0.2, 0.25) is 0 Å². The van der Waals surface area contributed by atoms with E-state index in [-0.39, 0.29) is 29.5 Å². The third-order valence-electron chi connectivity index (χ3n) is 6.68. The third kappa shape index (κ3) is 4.27. The van der Waals surface area contributed by atoms with Crippen molar-refractivity contribution in [2.45, 2.75) is 32.4 Å². The SMILES string of the molecule is CC(C)n1ncc2c(C(=O)N3CCN([C@@H]4CCS(=O)(=O)C4)CC3)cc(-c3ccccc3)nc21. The number of pyridine rings is 1. The first-order chi connectivity index (χ1) is 15.8. The van der Waals surface area contributed by atoms with Gasteiger partial charge in [-0.1, -0.05) is 30.3 Å². The Hall–Kier alpha value is -2.78. The van der Waals surface area contributed by atoms with Crippen LogP contribution in [0.3, 0.4) is 0 Å². The summed E-state index contributed by atoms with van der Waals surface area (Å²) in [5.74, 6) is 0.482. The Balaban J connectivity index is 1.44. The molecule has 0 radical (unpaired) electrons. The van der Waals surface area contributed by atoms with Gasteiger partial charge < -0.3 is 4.90 Å². The van der Waals surface area contributed by atoms with Gasteiger partial charge >= 0.3 is 0 Å². The molecule has 9 heteroatoms. The molecule has 4 heterocycles. The molecule has 2 aromatic heterocycles. The molecule has 8 nitrogen and oxygen atoms in total. The topological polar surface area (TPSA) is 88.4 Å². The molecule has 0 aliphatic carbocycles. The molecule has 33 heavy (non-hydrogen) atoms. The van der Waals surface area contributed by atoms with E-state index in [9.17, 15) is 13.2 Å². The fourth-order valence-electron chi connectivity index (χ4n) is 4.85. The third-order valence-corrected chi connectivity index (χ3v) is 8.43. The maximum absolute atomic E-state index is 13.7. The number of aromatic nitrogens is 3. The number of benzene rings is 1. The van der Waals surface area contributed by atoms with Gasteiger partial charge in [-0.3, -0.25) is 9.69 Å². The Bertz CT molecular complexity index is 1280. The average molecular weight is 468 g/mol. The Labute approximate surface area is 194 Å². The van der Waals surface area contributed by atoms with E-state index in [1.807, 2.05) is 59.8 Å². The molecule has 5 rings (SSSR count). The van der Waals surface area contributed by atoms with E-state index in [2.05, 4.69) is 10.00 Å². The van der Waals surface area contributed by atoms with E-state index in [0.717, 1.165) is 16.6 Å². The van der Waals surface area contributed by atoms with Crippen molar-refractivity contribution in [1.82, 2.24) is 24.6 Å². The lowest BCUT2D eigenvalue weighted by molar-refractivity contribution is 0.0589. The summed E-state index contributed by atoms with van der Waals surface area (Å²) >= 11 is 0. The first-order valence-electron chi connectivity index (χ1n) is 11.5. The van der Waals surface area contributed by atoms with Crippen molar-refractivity contribution in [2.24, 2.45) is 0 Å². The fraction of sp³-hybridized carbons (Fsp3) is 0.458. The minimum atomic E-state index is -2.92. The maximum Gasteiger partial charge on any atom is 0.254 e. The van der Waals surface area contributed by atoms with Crippen LogP contribution in [0.5, 0.6) is 0 Å². The molecule has 0 bridgehead atoms. The molecule has 2 aliphatic rings. The summed E-state index contributed by atoms with van der Waals surface area (Å²) in [4.78, 5) is 22.6. The van der Waals surface area contributed by atoms with Crippen molar-refractivity contribution < 1.29 is 13.2 Å². The summed E-state index contributed by atoms with van der Waals surface area (Å²) in [6.07, 6.45) is 2.43. The van der Waals surface area contributed by atoms with Gasteiger partial charge in [0, 0.05) is 43.8 Å². The standard InChI is InChI=1S/C24H29N5O3S/c1-17(2)29-23-21(15-25-29)20(14-22(26-23)18-6-4-3-5-7-18)24(30)28-11-9-27(10-12-28)19-8-13-33(31,32)16-19/h3-7,14-15,17,19H,8-13,16H2,1-2H3/t19-/m1/s1. The van der Waals surface area contributed by atoms with Gasteiger partial charge in [0.1, 0.15) is 0 Å². The Morgan fingerprint density at radius 3 is 2.45 bits per heavy atom. The molecular weight excluding hydrogens is 438 g/mol. The van der Waals surface area contributed by atoms with Gasteiger partial charge in [-0.15, -0.1) is 0 Å². The molecule has 1 amide bonds. The highest BCUT2D eigenvalue weighted by Gasteiger charge is 2.35. The number of piperazine rings is 1. The number of amides is 1.